The molecule has 0 spiro atoms. The Bertz CT molecular complexity index is 2090. The van der Waals surface area contributed by atoms with E-state index in [2.05, 4.69) is 0 Å². The van der Waals surface area contributed by atoms with E-state index < -0.39 is 157 Å². The van der Waals surface area contributed by atoms with E-state index in [0.717, 1.165) is 12.1 Å². The molecule has 4 aromatic rings. The molecule has 6 nitrogen and oxygen atoms in total. The van der Waals surface area contributed by atoms with E-state index in [9.17, 15) is 63.1 Å². The lowest BCUT2D eigenvalue weighted by molar-refractivity contribution is 0.0590. The minimum absolute atomic E-state index is 0.322. The van der Waals surface area contributed by atoms with Crippen molar-refractivity contribution in [3.8, 4) is 0 Å². The van der Waals surface area contributed by atoms with Crippen molar-refractivity contribution in [1.29, 1.82) is 0 Å². The predicted molar refractivity (Wildman–Crippen MR) is 145 cm³/mol. The lowest BCUT2D eigenvalue weighted by Crippen LogP contribution is -2.44. The lowest BCUT2D eigenvalue weighted by Gasteiger charge is -2.33. The van der Waals surface area contributed by atoms with E-state index in [-0.39, 0.29) is 5.39 Å². The fourth-order valence-electron chi connectivity index (χ4n) is 5.66. The maximum atomic E-state index is 14.3. The summed E-state index contributed by atoms with van der Waals surface area (Å²) in [5.74, 6) is -27.5. The number of carbonyl (C=O) groups excluding carboxylic acids is 4. The summed E-state index contributed by atoms with van der Waals surface area (Å²) in [5, 5.41) is -1.79. The van der Waals surface area contributed by atoms with E-state index in [4.69, 9.17) is 23.2 Å². The topological polar surface area (TPSA) is 74.8 Å². The molecule has 0 N–H and O–H groups in total. The van der Waals surface area contributed by atoms with Gasteiger partial charge in [-0.3, -0.25) is 29.0 Å². The second-order valence-electron chi connectivity index (χ2n) is 10.4. The van der Waals surface area contributed by atoms with Gasteiger partial charge in [0.2, 0.25) is 11.6 Å². The van der Waals surface area contributed by atoms with E-state index in [1.807, 2.05) is 0 Å². The van der Waals surface area contributed by atoms with Crippen LogP contribution in [-0.2, 0) is 12.8 Å². The van der Waals surface area contributed by atoms with E-state index in [1.54, 1.807) is 0 Å². The van der Waals surface area contributed by atoms with Gasteiger partial charge in [0.25, 0.3) is 23.6 Å². The molecular weight excluding hydrogens is 713 g/mol. The van der Waals surface area contributed by atoms with E-state index >= 15 is 0 Å². The van der Waals surface area contributed by atoms with Crippen LogP contribution in [0, 0.1) is 58.2 Å². The monoisotopic (exact) mass is 722 g/mol. The molecule has 248 valence electrons. The number of halogens is 12. The zero-order valence-electron chi connectivity index (χ0n) is 23.0. The van der Waals surface area contributed by atoms with Crippen LogP contribution >= 0.6 is 23.2 Å². The van der Waals surface area contributed by atoms with Crippen LogP contribution in [0.3, 0.4) is 0 Å². The number of amides is 4. The van der Waals surface area contributed by atoms with Crippen molar-refractivity contribution < 1.29 is 63.1 Å². The van der Waals surface area contributed by atoms with Crippen LogP contribution in [0.15, 0.2) is 12.1 Å². The van der Waals surface area contributed by atoms with Gasteiger partial charge in [-0.25, -0.2) is 43.9 Å². The highest BCUT2D eigenvalue weighted by Crippen LogP contribution is 2.44. The summed E-state index contributed by atoms with van der Waals surface area (Å²) in [6.45, 7) is -1.87. The predicted octanol–water partition coefficient (Wildman–Crippen LogP) is 7.22. The summed E-state index contributed by atoms with van der Waals surface area (Å²) < 4.78 is 139. The Balaban J connectivity index is 1.39. The summed E-state index contributed by atoms with van der Waals surface area (Å²) >= 11 is 12.7. The van der Waals surface area contributed by atoms with Crippen molar-refractivity contribution in [2.75, 3.05) is 13.1 Å². The van der Waals surface area contributed by atoms with Crippen LogP contribution in [0.5, 0.6) is 0 Å². The van der Waals surface area contributed by atoms with Crippen LogP contribution in [0.25, 0.3) is 10.8 Å². The van der Waals surface area contributed by atoms with Gasteiger partial charge >= 0.3 is 0 Å². The largest absolute Gasteiger partial charge is 0.274 e. The highest BCUT2D eigenvalue weighted by atomic mass is 35.5. The highest BCUT2D eigenvalue weighted by molar-refractivity contribution is 6.45. The Labute approximate surface area is 270 Å². The second-order valence-corrected chi connectivity index (χ2v) is 11.2. The molecule has 6 rings (SSSR count). The molecule has 4 aromatic carbocycles. The number of hydrogen-bond donors (Lipinski definition) is 0. The van der Waals surface area contributed by atoms with Gasteiger partial charge in [0.1, 0.15) is 0 Å². The van der Waals surface area contributed by atoms with Crippen molar-refractivity contribution in [3.63, 3.8) is 0 Å². The van der Waals surface area contributed by atoms with E-state index in [0.29, 0.717) is 9.80 Å². The molecule has 0 bridgehead atoms. The molecule has 0 unspecified atom stereocenters. The van der Waals surface area contributed by atoms with Crippen LogP contribution in [-0.4, -0.2) is 46.5 Å². The first kappa shape index (κ1) is 33.2. The molecule has 48 heavy (non-hydrogen) atoms. The quantitative estimate of drug-likeness (QED) is 0.0913. The van der Waals surface area contributed by atoms with Crippen LogP contribution < -0.4 is 0 Å². The average Bonchev–Trinajstić information content (AvgIpc) is 3.05. The fraction of sp³-hybridized carbons (Fsp3) is 0.133. The van der Waals surface area contributed by atoms with Crippen LogP contribution in [0.4, 0.5) is 43.9 Å². The number of hydrogen-bond acceptors (Lipinski definition) is 4. The van der Waals surface area contributed by atoms with Crippen LogP contribution in [0.1, 0.15) is 52.6 Å². The van der Waals surface area contributed by atoms with Crippen molar-refractivity contribution in [2.45, 2.75) is 12.8 Å². The lowest BCUT2D eigenvalue weighted by atomic mass is 9.85. The first-order chi connectivity index (χ1) is 22.5. The SMILES string of the molecule is O=C1c2cc(Cl)c3c4c(c(Cl)cc(c24)C(=O)N1CCc1c(F)c(F)c(F)c(F)c1F)C(=O)N(CCc1c(F)c(F)c(F)c(F)c1F)C3=O. The number of imide groups is 2. The Hall–Kier alpha value is -4.70. The van der Waals surface area contributed by atoms with Gasteiger partial charge < -0.3 is 0 Å². The maximum absolute atomic E-state index is 14.3. The fourth-order valence-corrected chi connectivity index (χ4v) is 6.23. The zero-order chi connectivity index (χ0) is 35.3. The van der Waals surface area contributed by atoms with Crippen molar-refractivity contribution in [2.24, 2.45) is 0 Å². The minimum atomic E-state index is -2.42. The molecule has 18 heteroatoms. The first-order valence-corrected chi connectivity index (χ1v) is 14.0. The molecule has 0 radical (unpaired) electrons. The second kappa shape index (κ2) is 11.5. The summed E-state index contributed by atoms with van der Waals surface area (Å²) in [6, 6.07) is 1.77. The molecule has 0 saturated carbocycles. The van der Waals surface area contributed by atoms with Gasteiger partial charge in [-0.2, -0.15) is 0 Å². The smallest absolute Gasteiger partial charge is 0.262 e. The molecule has 0 aromatic heterocycles. The molecule has 2 aliphatic rings. The Morgan fingerprint density at radius 1 is 0.438 bits per heavy atom. The van der Waals surface area contributed by atoms with Gasteiger partial charge in [0.15, 0.2) is 46.5 Å². The average molecular weight is 723 g/mol. The summed E-state index contributed by atoms with van der Waals surface area (Å²) in [5.41, 5.74) is -4.56. The molecule has 0 atom stereocenters. The zero-order valence-corrected chi connectivity index (χ0v) is 24.6. The molecule has 2 aliphatic heterocycles. The normalized spacial score (nSPS) is 14.2. The highest BCUT2D eigenvalue weighted by Gasteiger charge is 2.43. The van der Waals surface area contributed by atoms with Gasteiger partial charge in [0, 0.05) is 35.0 Å². The summed E-state index contributed by atoms with van der Waals surface area (Å²) in [7, 11) is 0. The third kappa shape index (κ3) is 4.56. The number of nitrogens with zero attached hydrogens (tertiary/aromatic N) is 2. The molecule has 0 saturated heterocycles. The van der Waals surface area contributed by atoms with Crippen molar-refractivity contribution in [3.05, 3.63) is 114 Å². The van der Waals surface area contributed by atoms with Gasteiger partial charge in [-0.15, -0.1) is 0 Å². The van der Waals surface area contributed by atoms with Crippen LogP contribution in [0.2, 0.25) is 10.0 Å². The summed E-state index contributed by atoms with van der Waals surface area (Å²) in [6.07, 6.45) is -2.09. The molecular formula is C30H10Cl2F10N2O4. The van der Waals surface area contributed by atoms with Crippen molar-refractivity contribution in [1.82, 2.24) is 9.80 Å². The molecule has 2 heterocycles. The van der Waals surface area contributed by atoms with E-state index in [1.165, 1.54) is 0 Å². The Kier molecular flexibility index (Phi) is 7.94. The van der Waals surface area contributed by atoms with Gasteiger partial charge in [-0.1, -0.05) is 23.2 Å². The molecule has 4 amide bonds. The number of carbonyl (C=O) groups is 4. The molecule has 0 fully saturated rings. The minimum Gasteiger partial charge on any atom is -0.274 e. The third-order valence-electron chi connectivity index (χ3n) is 7.95. The summed E-state index contributed by atoms with van der Waals surface area (Å²) in [4.78, 5) is 54.7. The first-order valence-electron chi connectivity index (χ1n) is 13.2. The number of rotatable bonds is 6. The van der Waals surface area contributed by atoms with Crippen molar-refractivity contribution >= 4 is 57.6 Å². The van der Waals surface area contributed by atoms with Gasteiger partial charge in [0.05, 0.1) is 32.3 Å². The van der Waals surface area contributed by atoms with Gasteiger partial charge in [-0.05, 0) is 25.0 Å². The third-order valence-corrected chi connectivity index (χ3v) is 8.55. The molecule has 0 aliphatic carbocycles. The standard InChI is InChI=1S/C30H10Cl2F10N2O4/c31-11-5-9-13-10(28(46)43(27(9)45)3-1-7-17(33)21(37)25(41)22(38)18(7)34)6-12(32)15-16(13)14(11)29(47)44(30(15)48)4-2-8-19(35)23(39)26(42)24(40)20(8)36/h5-6H,1-4H2. The Morgan fingerprint density at radius 3 is 1.06 bits per heavy atom. The number of benzene rings is 4. The maximum Gasteiger partial charge on any atom is 0.262 e. The Morgan fingerprint density at radius 2 is 0.729 bits per heavy atom.